The summed E-state index contributed by atoms with van der Waals surface area (Å²) in [6, 6.07) is 7.45. The zero-order valence-electron chi connectivity index (χ0n) is 18.1. The highest BCUT2D eigenvalue weighted by atomic mass is 32.1. The maximum Gasteiger partial charge on any atom is 0.266 e. The average Bonchev–Trinajstić information content (AvgIpc) is 3.13. The zero-order chi connectivity index (χ0) is 23.0. The maximum atomic E-state index is 13.2. The highest BCUT2D eigenvalue weighted by Crippen LogP contribution is 2.44. The molecule has 1 aromatic carbocycles. The van der Waals surface area contributed by atoms with Gasteiger partial charge in [0.1, 0.15) is 27.2 Å². The standard InChI is InChI=1S/C22H24N6O3S/c1-27-6-8-28(9-7-27)22(29)19-18(24)17-16(13(11-23)20(25)26-21(17)32-19)12-4-5-14(30-2)15(10-12)31-3/h4-5,10H,6-9,24H2,1-3H3,(H2,25,26). The molecule has 1 amide bonds. The molecule has 0 radical (unpaired) electrons. The summed E-state index contributed by atoms with van der Waals surface area (Å²) < 4.78 is 10.8. The largest absolute Gasteiger partial charge is 0.493 e. The second kappa shape index (κ2) is 8.53. The number of nitrogen functional groups attached to an aromatic ring is 2. The van der Waals surface area contributed by atoms with Crippen molar-refractivity contribution in [2.24, 2.45) is 0 Å². The molecule has 1 saturated heterocycles. The Morgan fingerprint density at radius 3 is 2.47 bits per heavy atom. The van der Waals surface area contributed by atoms with Gasteiger partial charge < -0.3 is 30.7 Å². The Balaban J connectivity index is 1.91. The van der Waals surface area contributed by atoms with Crippen LogP contribution in [0.1, 0.15) is 15.2 Å². The van der Waals surface area contributed by atoms with Gasteiger partial charge in [-0.3, -0.25) is 4.79 Å². The molecule has 1 aliphatic heterocycles. The van der Waals surface area contributed by atoms with E-state index in [1.54, 1.807) is 30.2 Å². The third kappa shape index (κ3) is 3.55. The van der Waals surface area contributed by atoms with Gasteiger partial charge in [-0.05, 0) is 24.7 Å². The van der Waals surface area contributed by atoms with E-state index in [0.717, 1.165) is 13.1 Å². The zero-order valence-corrected chi connectivity index (χ0v) is 19.0. The van der Waals surface area contributed by atoms with Gasteiger partial charge in [0.05, 0.1) is 19.9 Å². The monoisotopic (exact) mass is 452 g/mol. The summed E-state index contributed by atoms with van der Waals surface area (Å²) in [7, 11) is 5.12. The van der Waals surface area contributed by atoms with Crippen molar-refractivity contribution in [1.29, 1.82) is 5.26 Å². The van der Waals surface area contributed by atoms with Gasteiger partial charge in [-0.2, -0.15) is 5.26 Å². The number of fused-ring (bicyclic) bond motifs is 1. The number of aromatic nitrogens is 1. The van der Waals surface area contributed by atoms with Crippen LogP contribution in [-0.2, 0) is 0 Å². The number of piperazine rings is 1. The van der Waals surface area contributed by atoms with Crippen molar-refractivity contribution in [3.05, 3.63) is 28.6 Å². The van der Waals surface area contributed by atoms with Gasteiger partial charge in [-0.25, -0.2) is 4.98 Å². The molecule has 0 saturated carbocycles. The summed E-state index contributed by atoms with van der Waals surface area (Å²) in [5.74, 6) is 1.01. The van der Waals surface area contributed by atoms with Crippen molar-refractivity contribution >= 4 is 39.0 Å². The van der Waals surface area contributed by atoms with E-state index >= 15 is 0 Å². The Morgan fingerprint density at radius 1 is 1.16 bits per heavy atom. The smallest absolute Gasteiger partial charge is 0.266 e. The van der Waals surface area contributed by atoms with Gasteiger partial charge in [0, 0.05) is 37.1 Å². The lowest BCUT2D eigenvalue weighted by Gasteiger charge is -2.32. The van der Waals surface area contributed by atoms with Gasteiger partial charge in [-0.1, -0.05) is 6.07 Å². The quantitative estimate of drug-likeness (QED) is 0.617. The van der Waals surface area contributed by atoms with Crippen LogP contribution in [-0.4, -0.2) is 68.1 Å². The lowest BCUT2D eigenvalue weighted by molar-refractivity contribution is 0.0670. The first-order valence-corrected chi connectivity index (χ1v) is 10.8. The Kier molecular flexibility index (Phi) is 5.78. The second-order valence-electron chi connectivity index (χ2n) is 7.55. The summed E-state index contributed by atoms with van der Waals surface area (Å²) in [6.07, 6.45) is 0. The molecule has 10 heteroatoms. The molecule has 9 nitrogen and oxygen atoms in total. The minimum atomic E-state index is -0.131. The van der Waals surface area contributed by atoms with Crippen molar-refractivity contribution in [3.63, 3.8) is 0 Å². The molecule has 166 valence electrons. The summed E-state index contributed by atoms with van der Waals surface area (Å²) in [5, 5.41) is 10.4. The van der Waals surface area contributed by atoms with Crippen LogP contribution in [0.2, 0.25) is 0 Å². The highest BCUT2D eigenvalue weighted by molar-refractivity contribution is 7.21. The normalized spacial score (nSPS) is 14.4. The number of ether oxygens (including phenoxy) is 2. The van der Waals surface area contributed by atoms with Gasteiger partial charge >= 0.3 is 0 Å². The molecule has 32 heavy (non-hydrogen) atoms. The third-order valence-electron chi connectivity index (χ3n) is 5.67. The number of likely N-dealkylation sites (N-methyl/N-ethyl adjacent to an activating group) is 1. The van der Waals surface area contributed by atoms with Crippen LogP contribution in [0.3, 0.4) is 0 Å². The number of anilines is 2. The topological polar surface area (TPSA) is 131 Å². The van der Waals surface area contributed by atoms with E-state index < -0.39 is 0 Å². The van der Waals surface area contributed by atoms with E-state index in [4.69, 9.17) is 20.9 Å². The lowest BCUT2D eigenvalue weighted by atomic mass is 9.96. The molecule has 0 atom stereocenters. The van der Waals surface area contributed by atoms with Crippen LogP contribution in [0.15, 0.2) is 18.2 Å². The fraction of sp³-hybridized carbons (Fsp3) is 0.318. The molecule has 3 heterocycles. The van der Waals surface area contributed by atoms with Crippen LogP contribution in [0.25, 0.3) is 21.3 Å². The number of carbonyl (C=O) groups is 1. The number of benzene rings is 1. The number of nitrogens with zero attached hydrogens (tertiary/aromatic N) is 4. The molecule has 1 aliphatic rings. The Hall–Kier alpha value is -3.55. The predicted octanol–water partition coefficient (Wildman–Crippen LogP) is 2.40. The Morgan fingerprint density at radius 2 is 1.84 bits per heavy atom. The van der Waals surface area contributed by atoms with Gasteiger partial charge in [0.15, 0.2) is 11.5 Å². The SMILES string of the molecule is COc1ccc(-c2c(C#N)c(N)nc3sc(C(=O)N4CCN(C)CC4)c(N)c23)cc1OC. The summed E-state index contributed by atoms with van der Waals surface area (Å²) in [5.41, 5.74) is 14.4. The van der Waals surface area contributed by atoms with Gasteiger partial charge in [-0.15, -0.1) is 11.3 Å². The number of hydrogen-bond acceptors (Lipinski definition) is 9. The van der Waals surface area contributed by atoms with Crippen LogP contribution >= 0.6 is 11.3 Å². The first kappa shape index (κ1) is 21.7. The van der Waals surface area contributed by atoms with Crippen LogP contribution in [0, 0.1) is 11.3 Å². The highest BCUT2D eigenvalue weighted by Gasteiger charge is 2.28. The molecule has 0 aliphatic carbocycles. The number of carbonyl (C=O) groups excluding carboxylic acids is 1. The Labute approximate surface area is 189 Å². The number of thiophene rings is 1. The summed E-state index contributed by atoms with van der Waals surface area (Å²) in [4.78, 5) is 22.5. The van der Waals surface area contributed by atoms with E-state index in [9.17, 15) is 10.1 Å². The number of amides is 1. The second-order valence-corrected chi connectivity index (χ2v) is 8.55. The third-order valence-corrected chi connectivity index (χ3v) is 6.76. The molecule has 1 fully saturated rings. The fourth-order valence-electron chi connectivity index (χ4n) is 3.88. The molecule has 2 aromatic heterocycles. The molecule has 0 unspecified atom stereocenters. The minimum Gasteiger partial charge on any atom is -0.493 e. The number of methoxy groups -OCH3 is 2. The predicted molar refractivity (Wildman–Crippen MR) is 125 cm³/mol. The fourth-order valence-corrected chi connectivity index (χ4v) is 4.96. The number of nitriles is 1. The first-order valence-electron chi connectivity index (χ1n) is 10.0. The first-order chi connectivity index (χ1) is 15.4. The van der Waals surface area contributed by atoms with Crippen LogP contribution < -0.4 is 20.9 Å². The van der Waals surface area contributed by atoms with Crippen LogP contribution in [0.5, 0.6) is 11.5 Å². The van der Waals surface area contributed by atoms with Crippen LogP contribution in [0.4, 0.5) is 11.5 Å². The number of hydrogen-bond donors (Lipinski definition) is 2. The van der Waals surface area contributed by atoms with Crippen molar-refractivity contribution in [3.8, 4) is 28.7 Å². The summed E-state index contributed by atoms with van der Waals surface area (Å²) >= 11 is 1.20. The molecule has 0 spiro atoms. The van der Waals surface area contributed by atoms with Crippen molar-refractivity contribution in [2.45, 2.75) is 0 Å². The van der Waals surface area contributed by atoms with Crippen molar-refractivity contribution < 1.29 is 14.3 Å². The molecular weight excluding hydrogens is 428 g/mol. The maximum absolute atomic E-state index is 13.2. The Bertz CT molecular complexity index is 1240. The van der Waals surface area contributed by atoms with E-state index in [2.05, 4.69) is 16.0 Å². The van der Waals surface area contributed by atoms with Gasteiger partial charge in [0.25, 0.3) is 5.91 Å². The number of nitrogens with two attached hydrogens (primary N) is 2. The lowest BCUT2D eigenvalue weighted by Crippen LogP contribution is -2.47. The average molecular weight is 453 g/mol. The van der Waals surface area contributed by atoms with E-state index in [0.29, 0.717) is 56.5 Å². The van der Waals surface area contributed by atoms with Gasteiger partial charge in [0.2, 0.25) is 0 Å². The molecule has 0 bridgehead atoms. The number of pyridine rings is 1. The minimum absolute atomic E-state index is 0.0876. The number of rotatable bonds is 4. The van der Waals surface area contributed by atoms with E-state index in [1.807, 2.05) is 7.05 Å². The molecule has 4 N–H and O–H groups in total. The van der Waals surface area contributed by atoms with E-state index in [1.165, 1.54) is 18.4 Å². The van der Waals surface area contributed by atoms with Crippen molar-refractivity contribution in [1.82, 2.24) is 14.8 Å². The summed E-state index contributed by atoms with van der Waals surface area (Å²) in [6.45, 7) is 2.86. The van der Waals surface area contributed by atoms with E-state index in [-0.39, 0.29) is 17.3 Å². The molecule has 4 rings (SSSR count). The molecule has 3 aromatic rings. The van der Waals surface area contributed by atoms with Crippen molar-refractivity contribution in [2.75, 3.05) is 58.9 Å². The molecular formula is C22H24N6O3S.